The minimum atomic E-state index is -0.484. The van der Waals surface area contributed by atoms with Gasteiger partial charge in [-0.1, -0.05) is 12.1 Å². The van der Waals surface area contributed by atoms with Crippen molar-refractivity contribution < 1.29 is 14.4 Å². The molecule has 0 bridgehead atoms. The molecule has 110 valence electrons. The van der Waals surface area contributed by atoms with E-state index in [1.807, 2.05) is 0 Å². The Morgan fingerprint density at radius 2 is 2.00 bits per heavy atom. The van der Waals surface area contributed by atoms with E-state index in [9.17, 15) is 14.4 Å². The number of carbonyl (C=O) groups excluding carboxylic acids is 3. The summed E-state index contributed by atoms with van der Waals surface area (Å²) in [5.41, 5.74) is 6.37. The number of hydrogen-bond donors (Lipinski definition) is 3. The summed E-state index contributed by atoms with van der Waals surface area (Å²) in [7, 11) is 0. The van der Waals surface area contributed by atoms with Gasteiger partial charge in [0.2, 0.25) is 17.7 Å². The van der Waals surface area contributed by atoms with Gasteiger partial charge >= 0.3 is 0 Å². The number of primary amides is 1. The van der Waals surface area contributed by atoms with Crippen LogP contribution in [0.1, 0.15) is 28.8 Å². The van der Waals surface area contributed by atoms with E-state index in [4.69, 9.17) is 5.73 Å². The first-order chi connectivity index (χ1) is 10.0. The third-order valence-electron chi connectivity index (χ3n) is 3.23. The molecule has 0 aliphatic carbocycles. The van der Waals surface area contributed by atoms with Crippen molar-refractivity contribution >= 4 is 23.8 Å². The minimum absolute atomic E-state index is 0.0191. The number of nitrogens with one attached hydrogen (secondary N) is 2. The minimum Gasteiger partial charge on any atom is -0.366 e. The number of amides is 3. The molecule has 0 saturated carbocycles. The van der Waals surface area contributed by atoms with Crippen LogP contribution in [0.15, 0.2) is 30.3 Å². The van der Waals surface area contributed by atoms with Gasteiger partial charge < -0.3 is 16.4 Å². The van der Waals surface area contributed by atoms with E-state index < -0.39 is 5.91 Å². The fourth-order valence-electron chi connectivity index (χ4n) is 2.04. The van der Waals surface area contributed by atoms with Crippen LogP contribution in [0.3, 0.4) is 0 Å². The highest BCUT2D eigenvalue weighted by atomic mass is 16.2. The summed E-state index contributed by atoms with van der Waals surface area (Å²) in [6.07, 6.45) is 4.17. The SMILES string of the molecule is NC(=O)c1ccc(C=CC(=O)NC2CCC(=O)NC2)cc1. The van der Waals surface area contributed by atoms with Crippen molar-refractivity contribution in [1.82, 2.24) is 10.6 Å². The van der Waals surface area contributed by atoms with Crippen LogP contribution >= 0.6 is 0 Å². The average Bonchev–Trinajstić information content (AvgIpc) is 2.48. The molecule has 1 aliphatic heterocycles. The summed E-state index contributed by atoms with van der Waals surface area (Å²) in [6, 6.07) is 6.61. The van der Waals surface area contributed by atoms with Crippen molar-refractivity contribution in [3.63, 3.8) is 0 Å². The van der Waals surface area contributed by atoms with Crippen molar-refractivity contribution in [2.45, 2.75) is 18.9 Å². The number of nitrogens with two attached hydrogens (primary N) is 1. The van der Waals surface area contributed by atoms with Crippen LogP contribution in [-0.2, 0) is 9.59 Å². The Morgan fingerprint density at radius 1 is 1.29 bits per heavy atom. The van der Waals surface area contributed by atoms with Crippen molar-refractivity contribution in [2.24, 2.45) is 5.73 Å². The zero-order valence-corrected chi connectivity index (χ0v) is 11.5. The molecule has 1 heterocycles. The standard InChI is InChI=1S/C15H17N3O3/c16-15(21)11-4-1-10(2-5-11)3-7-14(20)18-12-6-8-13(19)17-9-12/h1-5,7,12H,6,8-9H2,(H2,16,21)(H,17,19)(H,18,20). The first-order valence-corrected chi connectivity index (χ1v) is 6.70. The zero-order valence-electron chi connectivity index (χ0n) is 11.5. The summed E-state index contributed by atoms with van der Waals surface area (Å²) in [5.74, 6) is -0.677. The van der Waals surface area contributed by atoms with Gasteiger partial charge in [0.1, 0.15) is 0 Å². The molecule has 2 rings (SSSR count). The highest BCUT2D eigenvalue weighted by molar-refractivity contribution is 5.94. The van der Waals surface area contributed by atoms with Gasteiger partial charge in [-0.3, -0.25) is 14.4 Å². The number of benzene rings is 1. The first kappa shape index (κ1) is 14.8. The molecule has 6 heteroatoms. The van der Waals surface area contributed by atoms with E-state index in [0.29, 0.717) is 24.9 Å². The Labute approximate surface area is 122 Å². The second kappa shape index (κ2) is 6.69. The fourth-order valence-corrected chi connectivity index (χ4v) is 2.04. The first-order valence-electron chi connectivity index (χ1n) is 6.70. The molecular formula is C15H17N3O3. The van der Waals surface area contributed by atoms with Crippen LogP contribution in [0.5, 0.6) is 0 Å². The predicted molar refractivity (Wildman–Crippen MR) is 78.2 cm³/mol. The molecule has 0 aromatic heterocycles. The number of piperidine rings is 1. The van der Waals surface area contributed by atoms with Crippen molar-refractivity contribution in [3.8, 4) is 0 Å². The Morgan fingerprint density at radius 3 is 2.57 bits per heavy atom. The Bertz CT molecular complexity index is 568. The van der Waals surface area contributed by atoms with Gasteiger partial charge in [0.15, 0.2) is 0 Å². The topological polar surface area (TPSA) is 101 Å². The van der Waals surface area contributed by atoms with E-state index in [1.54, 1.807) is 30.3 Å². The lowest BCUT2D eigenvalue weighted by Gasteiger charge is -2.22. The van der Waals surface area contributed by atoms with E-state index in [0.717, 1.165) is 5.56 Å². The molecule has 0 spiro atoms. The maximum Gasteiger partial charge on any atom is 0.248 e. The summed E-state index contributed by atoms with van der Waals surface area (Å²) in [5, 5.41) is 5.53. The third kappa shape index (κ3) is 4.45. The lowest BCUT2D eigenvalue weighted by Crippen LogP contribution is -2.47. The van der Waals surface area contributed by atoms with Crippen LogP contribution in [-0.4, -0.2) is 30.3 Å². The van der Waals surface area contributed by atoms with Gasteiger partial charge in [0.25, 0.3) is 0 Å². The molecule has 6 nitrogen and oxygen atoms in total. The molecule has 1 saturated heterocycles. The van der Waals surface area contributed by atoms with Crippen molar-refractivity contribution in [3.05, 3.63) is 41.5 Å². The van der Waals surface area contributed by atoms with Crippen molar-refractivity contribution in [1.29, 1.82) is 0 Å². The van der Waals surface area contributed by atoms with Crippen molar-refractivity contribution in [2.75, 3.05) is 6.54 Å². The van der Waals surface area contributed by atoms with Crippen LogP contribution in [0, 0.1) is 0 Å². The van der Waals surface area contributed by atoms with Gasteiger partial charge in [-0.2, -0.15) is 0 Å². The van der Waals surface area contributed by atoms with Gasteiger partial charge in [-0.15, -0.1) is 0 Å². The molecule has 1 atom stereocenters. The van der Waals surface area contributed by atoms with E-state index in [2.05, 4.69) is 10.6 Å². The highest BCUT2D eigenvalue weighted by Gasteiger charge is 2.18. The van der Waals surface area contributed by atoms with Gasteiger partial charge in [-0.05, 0) is 30.2 Å². The molecule has 1 aliphatic rings. The monoisotopic (exact) mass is 287 g/mol. The zero-order chi connectivity index (χ0) is 15.2. The molecule has 0 radical (unpaired) electrons. The summed E-state index contributed by atoms with van der Waals surface area (Å²) in [6.45, 7) is 0.464. The largest absolute Gasteiger partial charge is 0.366 e. The normalized spacial score (nSPS) is 18.3. The Balaban J connectivity index is 1.86. The van der Waals surface area contributed by atoms with E-state index in [-0.39, 0.29) is 17.9 Å². The van der Waals surface area contributed by atoms with Crippen LogP contribution in [0.2, 0.25) is 0 Å². The maximum atomic E-state index is 11.8. The maximum absolute atomic E-state index is 11.8. The van der Waals surface area contributed by atoms with Crippen LogP contribution in [0.4, 0.5) is 0 Å². The fraction of sp³-hybridized carbons (Fsp3) is 0.267. The van der Waals surface area contributed by atoms with Crippen LogP contribution < -0.4 is 16.4 Å². The third-order valence-corrected chi connectivity index (χ3v) is 3.23. The lowest BCUT2D eigenvalue weighted by atomic mass is 10.1. The molecule has 1 fully saturated rings. The molecule has 1 aromatic carbocycles. The average molecular weight is 287 g/mol. The number of rotatable bonds is 4. The summed E-state index contributed by atoms with van der Waals surface area (Å²) >= 11 is 0. The number of carbonyl (C=O) groups is 3. The van der Waals surface area contributed by atoms with Gasteiger partial charge in [0, 0.05) is 30.6 Å². The second-order valence-electron chi connectivity index (χ2n) is 4.87. The molecule has 4 N–H and O–H groups in total. The number of hydrogen-bond acceptors (Lipinski definition) is 3. The summed E-state index contributed by atoms with van der Waals surface area (Å²) < 4.78 is 0. The Kier molecular flexibility index (Phi) is 4.71. The molecule has 21 heavy (non-hydrogen) atoms. The smallest absolute Gasteiger partial charge is 0.248 e. The molecule has 3 amide bonds. The second-order valence-corrected chi connectivity index (χ2v) is 4.87. The van der Waals surface area contributed by atoms with Gasteiger partial charge in [0.05, 0.1) is 0 Å². The molecule has 1 aromatic rings. The quantitative estimate of drug-likeness (QED) is 0.689. The molecule has 1 unspecified atom stereocenters. The summed E-state index contributed by atoms with van der Waals surface area (Å²) in [4.78, 5) is 33.7. The van der Waals surface area contributed by atoms with E-state index in [1.165, 1.54) is 6.08 Å². The van der Waals surface area contributed by atoms with E-state index >= 15 is 0 Å². The lowest BCUT2D eigenvalue weighted by molar-refractivity contribution is -0.124. The van der Waals surface area contributed by atoms with Gasteiger partial charge in [-0.25, -0.2) is 0 Å². The Hall–Kier alpha value is -2.63. The highest BCUT2D eigenvalue weighted by Crippen LogP contribution is 2.06. The van der Waals surface area contributed by atoms with Crippen LogP contribution in [0.25, 0.3) is 6.08 Å². The molecular weight excluding hydrogens is 270 g/mol. The predicted octanol–water partition coefficient (Wildman–Crippen LogP) is 0.194.